The maximum absolute atomic E-state index is 3.89. The Morgan fingerprint density at radius 1 is 1.25 bits per heavy atom. The van der Waals surface area contributed by atoms with Crippen LogP contribution in [0.2, 0.25) is 0 Å². The predicted molar refractivity (Wildman–Crippen MR) is 71.9 cm³/mol. The molecule has 0 bridgehead atoms. The van der Waals surface area contributed by atoms with E-state index in [1.165, 1.54) is 16.7 Å². The highest BCUT2D eigenvalue weighted by atomic mass is 14.9. The van der Waals surface area contributed by atoms with Crippen molar-refractivity contribution in [3.05, 3.63) is 47.5 Å². The van der Waals surface area contributed by atoms with Crippen molar-refractivity contribution in [2.45, 2.75) is 39.7 Å². The third kappa shape index (κ3) is 4.19. The minimum absolute atomic E-state index is 0.390. The van der Waals surface area contributed by atoms with Gasteiger partial charge in [0.15, 0.2) is 0 Å². The lowest BCUT2D eigenvalue weighted by Crippen LogP contribution is -2.29. The van der Waals surface area contributed by atoms with E-state index in [0.29, 0.717) is 6.04 Å². The average molecular weight is 217 g/mol. The van der Waals surface area contributed by atoms with Crippen LogP contribution in [0.1, 0.15) is 30.0 Å². The van der Waals surface area contributed by atoms with E-state index in [2.05, 4.69) is 50.9 Å². The van der Waals surface area contributed by atoms with Gasteiger partial charge in [0.25, 0.3) is 0 Å². The van der Waals surface area contributed by atoms with E-state index in [9.17, 15) is 0 Å². The molecule has 0 aromatic heterocycles. The van der Waals surface area contributed by atoms with Gasteiger partial charge < -0.3 is 5.32 Å². The van der Waals surface area contributed by atoms with Crippen molar-refractivity contribution in [3.63, 3.8) is 0 Å². The number of rotatable bonds is 6. The molecule has 0 saturated heterocycles. The van der Waals surface area contributed by atoms with Crippen LogP contribution in [0.4, 0.5) is 0 Å². The molecule has 1 aromatic rings. The molecule has 1 aromatic carbocycles. The first-order chi connectivity index (χ1) is 7.65. The lowest BCUT2D eigenvalue weighted by atomic mass is 10.0. The Labute approximate surface area is 99.6 Å². The van der Waals surface area contributed by atoms with Gasteiger partial charge >= 0.3 is 0 Å². The van der Waals surface area contributed by atoms with Crippen LogP contribution in [0.15, 0.2) is 30.9 Å². The number of hydrogen-bond acceptors (Lipinski definition) is 1. The SMILES string of the molecule is C=CC(Cc1cc(C)cc(C)c1)NCCC. The van der Waals surface area contributed by atoms with Crippen LogP contribution in [0, 0.1) is 13.8 Å². The average Bonchev–Trinajstić information content (AvgIpc) is 2.22. The summed E-state index contributed by atoms with van der Waals surface area (Å²) in [5.74, 6) is 0. The summed E-state index contributed by atoms with van der Waals surface area (Å²) in [6.07, 6.45) is 4.20. The normalized spacial score (nSPS) is 12.4. The fourth-order valence-corrected chi connectivity index (χ4v) is 2.01. The van der Waals surface area contributed by atoms with Crippen molar-refractivity contribution in [1.82, 2.24) is 5.32 Å². The van der Waals surface area contributed by atoms with Gasteiger partial charge in [0, 0.05) is 6.04 Å². The van der Waals surface area contributed by atoms with Gasteiger partial charge in [-0.15, -0.1) is 6.58 Å². The van der Waals surface area contributed by atoms with Crippen LogP contribution >= 0.6 is 0 Å². The molecule has 0 aliphatic heterocycles. The Balaban J connectivity index is 2.66. The second-order valence-electron chi connectivity index (χ2n) is 4.50. The Morgan fingerprint density at radius 2 is 1.88 bits per heavy atom. The standard InChI is InChI=1S/C15H23N/c1-5-7-16-15(6-2)11-14-9-12(3)8-13(4)10-14/h6,8-10,15-16H,2,5,7,11H2,1,3-4H3. The molecule has 0 saturated carbocycles. The largest absolute Gasteiger partial charge is 0.310 e. The third-order valence-corrected chi connectivity index (χ3v) is 2.68. The fourth-order valence-electron chi connectivity index (χ4n) is 2.01. The molecule has 1 atom stereocenters. The lowest BCUT2D eigenvalue weighted by Gasteiger charge is -2.15. The minimum atomic E-state index is 0.390. The number of benzene rings is 1. The molecule has 0 heterocycles. The summed E-state index contributed by atoms with van der Waals surface area (Å²) < 4.78 is 0. The second-order valence-corrected chi connectivity index (χ2v) is 4.50. The zero-order valence-corrected chi connectivity index (χ0v) is 10.7. The van der Waals surface area contributed by atoms with Crippen LogP contribution in [0.5, 0.6) is 0 Å². The maximum atomic E-state index is 3.89. The molecule has 0 radical (unpaired) electrons. The lowest BCUT2D eigenvalue weighted by molar-refractivity contribution is 0.585. The summed E-state index contributed by atoms with van der Waals surface area (Å²) >= 11 is 0. The first kappa shape index (κ1) is 13.0. The topological polar surface area (TPSA) is 12.0 Å². The van der Waals surface area contributed by atoms with E-state index >= 15 is 0 Å². The number of hydrogen-bond donors (Lipinski definition) is 1. The highest BCUT2D eigenvalue weighted by molar-refractivity contribution is 5.29. The van der Waals surface area contributed by atoms with Crippen molar-refractivity contribution < 1.29 is 0 Å². The first-order valence-corrected chi connectivity index (χ1v) is 6.08. The summed E-state index contributed by atoms with van der Waals surface area (Å²) in [4.78, 5) is 0. The molecule has 0 fully saturated rings. The van der Waals surface area contributed by atoms with Gasteiger partial charge in [-0.25, -0.2) is 0 Å². The third-order valence-electron chi connectivity index (χ3n) is 2.68. The van der Waals surface area contributed by atoms with Crippen molar-refractivity contribution in [2.24, 2.45) is 0 Å². The van der Waals surface area contributed by atoms with E-state index in [-0.39, 0.29) is 0 Å². The van der Waals surface area contributed by atoms with Crippen LogP contribution in [-0.2, 0) is 6.42 Å². The molecule has 1 nitrogen and oxygen atoms in total. The van der Waals surface area contributed by atoms with E-state index in [1.807, 2.05) is 6.08 Å². The van der Waals surface area contributed by atoms with Crippen molar-refractivity contribution >= 4 is 0 Å². The smallest absolute Gasteiger partial charge is 0.0287 e. The van der Waals surface area contributed by atoms with Gasteiger partial charge in [0.2, 0.25) is 0 Å². The van der Waals surface area contributed by atoms with Gasteiger partial charge in [0.1, 0.15) is 0 Å². The van der Waals surface area contributed by atoms with Crippen molar-refractivity contribution in [2.75, 3.05) is 6.54 Å². The van der Waals surface area contributed by atoms with Crippen LogP contribution in [0.25, 0.3) is 0 Å². The zero-order valence-electron chi connectivity index (χ0n) is 10.7. The molecule has 0 spiro atoms. The highest BCUT2D eigenvalue weighted by Crippen LogP contribution is 2.11. The molecule has 1 heteroatoms. The Hall–Kier alpha value is -1.08. The molecule has 1 unspecified atom stereocenters. The molecular weight excluding hydrogens is 194 g/mol. The Bertz CT molecular complexity index is 321. The van der Waals surface area contributed by atoms with Gasteiger partial charge in [-0.05, 0) is 38.8 Å². The number of aryl methyl sites for hydroxylation is 2. The minimum Gasteiger partial charge on any atom is -0.310 e. The molecule has 0 aliphatic rings. The van der Waals surface area contributed by atoms with E-state index in [4.69, 9.17) is 0 Å². The monoisotopic (exact) mass is 217 g/mol. The van der Waals surface area contributed by atoms with Crippen molar-refractivity contribution in [3.8, 4) is 0 Å². The molecule has 0 amide bonds. The molecular formula is C15H23N. The number of nitrogens with one attached hydrogen (secondary N) is 1. The van der Waals surface area contributed by atoms with Gasteiger partial charge in [-0.3, -0.25) is 0 Å². The summed E-state index contributed by atoms with van der Waals surface area (Å²) in [6.45, 7) is 11.4. The summed E-state index contributed by atoms with van der Waals surface area (Å²) in [5.41, 5.74) is 4.08. The molecule has 16 heavy (non-hydrogen) atoms. The van der Waals surface area contributed by atoms with Gasteiger partial charge in [0.05, 0.1) is 0 Å². The zero-order chi connectivity index (χ0) is 12.0. The predicted octanol–water partition coefficient (Wildman–Crippen LogP) is 3.40. The quantitative estimate of drug-likeness (QED) is 0.720. The fraction of sp³-hybridized carbons (Fsp3) is 0.467. The Kier molecular flexibility index (Phi) is 5.27. The molecule has 1 rings (SSSR count). The van der Waals surface area contributed by atoms with Crippen LogP contribution < -0.4 is 5.32 Å². The first-order valence-electron chi connectivity index (χ1n) is 6.08. The molecule has 88 valence electrons. The van der Waals surface area contributed by atoms with E-state index < -0.39 is 0 Å². The van der Waals surface area contributed by atoms with Crippen LogP contribution in [0.3, 0.4) is 0 Å². The Morgan fingerprint density at radius 3 is 2.38 bits per heavy atom. The van der Waals surface area contributed by atoms with Crippen molar-refractivity contribution in [1.29, 1.82) is 0 Å². The van der Waals surface area contributed by atoms with Gasteiger partial charge in [-0.2, -0.15) is 0 Å². The highest BCUT2D eigenvalue weighted by Gasteiger charge is 2.04. The van der Waals surface area contributed by atoms with E-state index in [0.717, 1.165) is 19.4 Å². The molecule has 1 N–H and O–H groups in total. The second kappa shape index (κ2) is 6.49. The van der Waals surface area contributed by atoms with E-state index in [1.54, 1.807) is 0 Å². The maximum Gasteiger partial charge on any atom is 0.0287 e. The van der Waals surface area contributed by atoms with Gasteiger partial charge in [-0.1, -0.05) is 42.3 Å². The summed E-state index contributed by atoms with van der Waals surface area (Å²) in [7, 11) is 0. The summed E-state index contributed by atoms with van der Waals surface area (Å²) in [5, 5.41) is 3.49. The summed E-state index contributed by atoms with van der Waals surface area (Å²) in [6, 6.07) is 7.13. The molecule has 0 aliphatic carbocycles. The van der Waals surface area contributed by atoms with Crippen LogP contribution in [-0.4, -0.2) is 12.6 Å².